The first kappa shape index (κ1) is 20.4. The highest BCUT2D eigenvalue weighted by atomic mass is 32.1. The molecule has 1 atom stereocenters. The van der Waals surface area contributed by atoms with Gasteiger partial charge in [0.2, 0.25) is 0 Å². The Morgan fingerprint density at radius 1 is 1.04 bits per heavy atom. The Bertz CT molecular complexity index is 848. The number of hydrogen-bond acceptors (Lipinski definition) is 3. The van der Waals surface area contributed by atoms with Crippen molar-refractivity contribution in [3.63, 3.8) is 0 Å². The van der Waals surface area contributed by atoms with E-state index in [9.17, 15) is 0 Å². The zero-order valence-electron chi connectivity index (χ0n) is 16.3. The van der Waals surface area contributed by atoms with Gasteiger partial charge < -0.3 is 15.0 Å². The summed E-state index contributed by atoms with van der Waals surface area (Å²) < 4.78 is 5.28. The highest BCUT2D eigenvalue weighted by Gasteiger charge is 2.18. The molecule has 0 unspecified atom stereocenters. The molecule has 0 aliphatic heterocycles. The minimum Gasteiger partial charge on any atom is -0.497 e. The fraction of sp³-hybridized carbons (Fsp3) is 0.261. The van der Waals surface area contributed by atoms with E-state index >= 15 is 0 Å². The summed E-state index contributed by atoms with van der Waals surface area (Å²) in [5.74, 6) is 0.867. The summed E-state index contributed by atoms with van der Waals surface area (Å²) in [6.45, 7) is 3.72. The van der Waals surface area contributed by atoms with E-state index in [4.69, 9.17) is 17.0 Å². The zero-order chi connectivity index (χ0) is 19.8. The van der Waals surface area contributed by atoms with Gasteiger partial charge in [-0.05, 0) is 53.8 Å². The van der Waals surface area contributed by atoms with Crippen LogP contribution in [-0.4, -0.2) is 23.2 Å². The number of nitrogens with zero attached hydrogens (tertiary/aromatic N) is 1. The third-order valence-corrected chi connectivity index (χ3v) is 5.95. The number of nitrogens with one attached hydrogen (secondary N) is 1. The fourth-order valence-electron chi connectivity index (χ4n) is 3.06. The van der Waals surface area contributed by atoms with Crippen LogP contribution < -0.4 is 10.1 Å². The normalized spacial score (nSPS) is 11.6. The minimum absolute atomic E-state index is 0.288. The molecule has 0 amide bonds. The number of thiocarbonyl (C=S) groups is 1. The van der Waals surface area contributed by atoms with Gasteiger partial charge in [-0.1, -0.05) is 48.5 Å². The lowest BCUT2D eigenvalue weighted by atomic mass is 10.1. The second-order valence-electron chi connectivity index (χ2n) is 6.75. The Labute approximate surface area is 177 Å². The van der Waals surface area contributed by atoms with Gasteiger partial charge >= 0.3 is 0 Å². The number of hydrogen-bond donors (Lipinski definition) is 1. The summed E-state index contributed by atoms with van der Waals surface area (Å²) in [5, 5.41) is 6.35. The van der Waals surface area contributed by atoms with Gasteiger partial charge in [0.05, 0.1) is 7.11 Å². The largest absolute Gasteiger partial charge is 0.497 e. The standard InChI is InChI=1S/C23H26N2OS2/c1-18(15-22-9-6-14-28-22)25(17-20-10-12-21(26-2)13-11-20)23(27)24-16-19-7-4-3-5-8-19/h3-14,18H,15-17H2,1-2H3,(H,24,27)/t18-/m0/s1. The van der Waals surface area contributed by atoms with Crippen LogP contribution in [0.4, 0.5) is 0 Å². The molecule has 1 heterocycles. The van der Waals surface area contributed by atoms with E-state index in [0.717, 1.165) is 30.4 Å². The third-order valence-electron chi connectivity index (χ3n) is 4.67. The molecule has 0 saturated carbocycles. The molecule has 1 N–H and O–H groups in total. The van der Waals surface area contributed by atoms with Gasteiger partial charge in [-0.2, -0.15) is 0 Å². The van der Waals surface area contributed by atoms with E-state index in [1.54, 1.807) is 18.4 Å². The minimum atomic E-state index is 0.288. The fourth-order valence-corrected chi connectivity index (χ4v) is 4.20. The maximum atomic E-state index is 5.79. The SMILES string of the molecule is COc1ccc(CN(C(=S)NCc2ccccc2)[C@@H](C)Cc2cccs2)cc1. The lowest BCUT2D eigenvalue weighted by molar-refractivity contribution is 0.317. The molecule has 3 rings (SSSR count). The van der Waals surface area contributed by atoms with Crippen molar-refractivity contribution in [2.45, 2.75) is 32.5 Å². The van der Waals surface area contributed by atoms with Crippen LogP contribution in [-0.2, 0) is 19.5 Å². The number of rotatable bonds is 8. The average Bonchev–Trinajstić information content (AvgIpc) is 3.24. The highest BCUT2D eigenvalue weighted by molar-refractivity contribution is 7.80. The summed E-state index contributed by atoms with van der Waals surface area (Å²) in [6.07, 6.45) is 0.973. The number of benzene rings is 2. The molecule has 3 nitrogen and oxygen atoms in total. The Hall–Kier alpha value is -2.37. The van der Waals surface area contributed by atoms with E-state index in [0.29, 0.717) is 0 Å². The van der Waals surface area contributed by atoms with Crippen molar-refractivity contribution in [2.75, 3.05) is 7.11 Å². The summed E-state index contributed by atoms with van der Waals surface area (Å²) in [7, 11) is 1.69. The number of methoxy groups -OCH3 is 1. The molecule has 146 valence electrons. The van der Waals surface area contributed by atoms with Crippen molar-refractivity contribution >= 4 is 28.7 Å². The van der Waals surface area contributed by atoms with Crippen molar-refractivity contribution in [1.29, 1.82) is 0 Å². The second kappa shape index (κ2) is 10.2. The Morgan fingerprint density at radius 3 is 2.43 bits per heavy atom. The molecule has 28 heavy (non-hydrogen) atoms. The van der Waals surface area contributed by atoms with Crippen LogP contribution in [0, 0.1) is 0 Å². The maximum absolute atomic E-state index is 5.79. The van der Waals surface area contributed by atoms with Gasteiger partial charge in [0.15, 0.2) is 5.11 Å². The van der Waals surface area contributed by atoms with E-state index in [2.05, 4.69) is 71.1 Å². The Kier molecular flexibility index (Phi) is 7.46. The molecule has 5 heteroatoms. The van der Waals surface area contributed by atoms with E-state index in [1.807, 2.05) is 18.2 Å². The molecule has 0 aliphatic rings. The predicted molar refractivity (Wildman–Crippen MR) is 122 cm³/mol. The monoisotopic (exact) mass is 410 g/mol. The van der Waals surface area contributed by atoms with Crippen molar-refractivity contribution < 1.29 is 4.74 Å². The van der Waals surface area contributed by atoms with Crippen LogP contribution in [0.3, 0.4) is 0 Å². The molecule has 0 saturated heterocycles. The predicted octanol–water partition coefficient (Wildman–Crippen LogP) is 5.26. The molecule has 0 spiro atoms. The van der Waals surface area contributed by atoms with Gasteiger partial charge in [-0.25, -0.2) is 0 Å². The Morgan fingerprint density at radius 2 is 1.79 bits per heavy atom. The van der Waals surface area contributed by atoms with Crippen LogP contribution in [0.2, 0.25) is 0 Å². The van der Waals surface area contributed by atoms with Crippen molar-refractivity contribution in [3.05, 3.63) is 88.1 Å². The maximum Gasteiger partial charge on any atom is 0.169 e. The smallest absolute Gasteiger partial charge is 0.169 e. The first-order valence-corrected chi connectivity index (χ1v) is 10.7. The van der Waals surface area contributed by atoms with Crippen molar-refractivity contribution in [3.8, 4) is 5.75 Å². The lowest BCUT2D eigenvalue weighted by Gasteiger charge is -2.32. The third kappa shape index (κ3) is 5.81. The molecular weight excluding hydrogens is 384 g/mol. The zero-order valence-corrected chi connectivity index (χ0v) is 17.9. The highest BCUT2D eigenvalue weighted by Crippen LogP contribution is 2.18. The van der Waals surface area contributed by atoms with Gasteiger partial charge in [-0.3, -0.25) is 0 Å². The molecule has 2 aromatic carbocycles. The van der Waals surface area contributed by atoms with Gasteiger partial charge in [-0.15, -0.1) is 11.3 Å². The van der Waals surface area contributed by atoms with Crippen molar-refractivity contribution in [2.24, 2.45) is 0 Å². The first-order chi connectivity index (χ1) is 13.7. The lowest BCUT2D eigenvalue weighted by Crippen LogP contribution is -2.44. The summed E-state index contributed by atoms with van der Waals surface area (Å²) >= 11 is 7.58. The van der Waals surface area contributed by atoms with Crippen LogP contribution in [0.5, 0.6) is 5.75 Å². The van der Waals surface area contributed by atoms with Gasteiger partial charge in [0.1, 0.15) is 5.75 Å². The summed E-state index contributed by atoms with van der Waals surface area (Å²) in [5.41, 5.74) is 2.43. The summed E-state index contributed by atoms with van der Waals surface area (Å²) in [6, 6.07) is 23.1. The van der Waals surface area contributed by atoms with Crippen molar-refractivity contribution in [1.82, 2.24) is 10.2 Å². The first-order valence-electron chi connectivity index (χ1n) is 9.39. The Balaban J connectivity index is 1.71. The van der Waals surface area contributed by atoms with Gasteiger partial charge in [0, 0.05) is 30.4 Å². The molecular formula is C23H26N2OS2. The van der Waals surface area contributed by atoms with Crippen LogP contribution in [0.15, 0.2) is 72.1 Å². The van der Waals surface area contributed by atoms with E-state index in [-0.39, 0.29) is 6.04 Å². The molecule has 1 aromatic heterocycles. The van der Waals surface area contributed by atoms with Gasteiger partial charge in [0.25, 0.3) is 0 Å². The molecule has 0 aliphatic carbocycles. The topological polar surface area (TPSA) is 24.5 Å². The van der Waals surface area contributed by atoms with Crippen LogP contribution in [0.25, 0.3) is 0 Å². The second-order valence-corrected chi connectivity index (χ2v) is 8.17. The quantitative estimate of drug-likeness (QED) is 0.512. The molecule has 0 bridgehead atoms. The van der Waals surface area contributed by atoms with Crippen LogP contribution >= 0.6 is 23.6 Å². The molecule has 0 fully saturated rings. The molecule has 0 radical (unpaired) electrons. The molecule has 3 aromatic rings. The summed E-state index contributed by atoms with van der Waals surface area (Å²) in [4.78, 5) is 3.65. The van der Waals surface area contributed by atoms with E-state index in [1.165, 1.54) is 16.0 Å². The number of ether oxygens (including phenoxy) is 1. The van der Waals surface area contributed by atoms with Crippen LogP contribution in [0.1, 0.15) is 22.9 Å². The number of thiophene rings is 1. The average molecular weight is 411 g/mol. The van der Waals surface area contributed by atoms with E-state index < -0.39 is 0 Å².